The molecular formula is C23H20FN5O. The molecule has 2 aromatic carbocycles. The van der Waals surface area contributed by atoms with Crippen LogP contribution in [0.3, 0.4) is 0 Å². The van der Waals surface area contributed by atoms with E-state index < -0.39 is 5.41 Å². The van der Waals surface area contributed by atoms with Gasteiger partial charge >= 0.3 is 0 Å². The molecule has 0 aliphatic heterocycles. The number of nitrogens with zero attached hydrogens (tertiary/aromatic N) is 3. The van der Waals surface area contributed by atoms with Crippen LogP contribution in [0.5, 0.6) is 0 Å². The number of nitrogen functional groups attached to an aromatic ring is 1. The van der Waals surface area contributed by atoms with E-state index >= 15 is 0 Å². The SMILES string of the molecule is Cn1nc(N)c2c(-c3ccc(NC(=O)C4(c5ccccc5F)CC4)cc3)ccnc21. The molecule has 1 saturated carbocycles. The summed E-state index contributed by atoms with van der Waals surface area (Å²) in [5.74, 6) is -0.0899. The topological polar surface area (TPSA) is 85.8 Å². The Hall–Kier alpha value is -3.74. The number of carbonyl (C=O) groups is 1. The molecule has 0 unspecified atom stereocenters. The van der Waals surface area contributed by atoms with Gasteiger partial charge in [-0.15, -0.1) is 0 Å². The van der Waals surface area contributed by atoms with Crippen LogP contribution < -0.4 is 11.1 Å². The molecule has 0 radical (unpaired) electrons. The third-order valence-electron chi connectivity index (χ3n) is 5.78. The zero-order valence-electron chi connectivity index (χ0n) is 16.4. The van der Waals surface area contributed by atoms with Crippen LogP contribution in [0, 0.1) is 5.82 Å². The third-order valence-corrected chi connectivity index (χ3v) is 5.78. The number of anilines is 2. The Morgan fingerprint density at radius 3 is 2.57 bits per heavy atom. The molecule has 1 aliphatic rings. The summed E-state index contributed by atoms with van der Waals surface area (Å²) in [5, 5.41) is 7.99. The van der Waals surface area contributed by atoms with E-state index in [1.165, 1.54) is 6.07 Å². The van der Waals surface area contributed by atoms with Gasteiger partial charge in [0.25, 0.3) is 0 Å². The Balaban J connectivity index is 1.42. The maximum Gasteiger partial charge on any atom is 0.235 e. The summed E-state index contributed by atoms with van der Waals surface area (Å²) in [6.45, 7) is 0. The second-order valence-corrected chi connectivity index (χ2v) is 7.66. The summed E-state index contributed by atoms with van der Waals surface area (Å²) in [4.78, 5) is 17.3. The number of hydrogen-bond donors (Lipinski definition) is 2. The zero-order valence-corrected chi connectivity index (χ0v) is 16.4. The molecule has 3 N–H and O–H groups in total. The van der Waals surface area contributed by atoms with Crippen molar-refractivity contribution in [3.8, 4) is 11.1 Å². The van der Waals surface area contributed by atoms with Crippen molar-refractivity contribution >= 4 is 28.4 Å². The van der Waals surface area contributed by atoms with Crippen LogP contribution in [0.15, 0.2) is 60.8 Å². The molecule has 7 heteroatoms. The van der Waals surface area contributed by atoms with Gasteiger partial charge in [-0.3, -0.25) is 4.79 Å². The first kappa shape index (κ1) is 18.3. The Labute approximate surface area is 172 Å². The lowest BCUT2D eigenvalue weighted by Crippen LogP contribution is -2.28. The van der Waals surface area contributed by atoms with Crippen LogP contribution in [0.2, 0.25) is 0 Å². The monoisotopic (exact) mass is 401 g/mol. The van der Waals surface area contributed by atoms with Crippen molar-refractivity contribution in [2.24, 2.45) is 7.05 Å². The smallest absolute Gasteiger partial charge is 0.235 e. The molecule has 5 rings (SSSR count). The van der Waals surface area contributed by atoms with Crippen LogP contribution in [-0.4, -0.2) is 20.7 Å². The van der Waals surface area contributed by atoms with Gasteiger partial charge in [-0.1, -0.05) is 30.3 Å². The highest BCUT2D eigenvalue weighted by Crippen LogP contribution is 2.49. The van der Waals surface area contributed by atoms with Gasteiger partial charge < -0.3 is 11.1 Å². The van der Waals surface area contributed by atoms with E-state index in [9.17, 15) is 9.18 Å². The van der Waals surface area contributed by atoms with Gasteiger partial charge in [0.15, 0.2) is 11.5 Å². The fraction of sp³-hybridized carbons (Fsp3) is 0.174. The van der Waals surface area contributed by atoms with E-state index in [-0.39, 0.29) is 11.7 Å². The molecule has 4 aromatic rings. The minimum Gasteiger partial charge on any atom is -0.382 e. The average Bonchev–Trinajstić information content (AvgIpc) is 3.50. The van der Waals surface area contributed by atoms with Crippen molar-refractivity contribution in [2.45, 2.75) is 18.3 Å². The number of nitrogens with one attached hydrogen (secondary N) is 1. The van der Waals surface area contributed by atoms with Crippen LogP contribution in [0.25, 0.3) is 22.2 Å². The summed E-state index contributed by atoms with van der Waals surface area (Å²) < 4.78 is 15.9. The Bertz CT molecular complexity index is 1270. The standard InChI is InChI=1S/C23H20FN5O/c1-29-21-19(20(25)28-29)16(10-13-26-21)14-6-8-15(9-7-14)27-22(30)23(11-12-23)17-4-2-3-5-18(17)24/h2-10,13H,11-12H2,1H3,(H2,25,28)(H,27,30). The van der Waals surface area contributed by atoms with E-state index in [1.54, 1.807) is 36.1 Å². The van der Waals surface area contributed by atoms with E-state index in [4.69, 9.17) is 5.73 Å². The molecular weight excluding hydrogens is 381 g/mol. The molecule has 6 nitrogen and oxygen atoms in total. The number of hydrogen-bond acceptors (Lipinski definition) is 4. The van der Waals surface area contributed by atoms with Crippen molar-refractivity contribution in [1.82, 2.24) is 14.8 Å². The minimum atomic E-state index is -0.772. The summed E-state index contributed by atoms with van der Waals surface area (Å²) in [6, 6.07) is 15.9. The molecule has 150 valence electrons. The van der Waals surface area contributed by atoms with Gasteiger partial charge in [0.05, 0.1) is 10.8 Å². The van der Waals surface area contributed by atoms with Gasteiger partial charge in [-0.2, -0.15) is 5.10 Å². The number of amides is 1. The first-order valence-electron chi connectivity index (χ1n) is 9.74. The Morgan fingerprint density at radius 2 is 1.87 bits per heavy atom. The van der Waals surface area contributed by atoms with E-state index in [1.807, 2.05) is 30.3 Å². The van der Waals surface area contributed by atoms with Crippen molar-refractivity contribution in [2.75, 3.05) is 11.1 Å². The summed E-state index contributed by atoms with van der Waals surface area (Å²) in [6.07, 6.45) is 3.01. The number of benzene rings is 2. The van der Waals surface area contributed by atoms with Crippen LogP contribution in [-0.2, 0) is 17.3 Å². The predicted molar refractivity (Wildman–Crippen MR) is 114 cm³/mol. The molecule has 0 saturated heterocycles. The second kappa shape index (κ2) is 6.66. The molecule has 2 heterocycles. The average molecular weight is 401 g/mol. The van der Waals surface area contributed by atoms with Gasteiger partial charge in [0, 0.05) is 24.5 Å². The fourth-order valence-corrected chi connectivity index (χ4v) is 4.03. The normalized spacial score (nSPS) is 14.6. The highest BCUT2D eigenvalue weighted by Gasteiger charge is 2.52. The quantitative estimate of drug-likeness (QED) is 0.541. The van der Waals surface area contributed by atoms with Gasteiger partial charge in [-0.25, -0.2) is 14.1 Å². The molecule has 1 aliphatic carbocycles. The first-order chi connectivity index (χ1) is 14.5. The Morgan fingerprint density at radius 1 is 1.13 bits per heavy atom. The number of halogens is 1. The van der Waals surface area contributed by atoms with Crippen molar-refractivity contribution in [3.63, 3.8) is 0 Å². The van der Waals surface area contributed by atoms with Gasteiger partial charge in [0.2, 0.25) is 5.91 Å². The largest absolute Gasteiger partial charge is 0.382 e. The maximum absolute atomic E-state index is 14.2. The molecule has 1 fully saturated rings. The molecule has 0 atom stereocenters. The lowest BCUT2D eigenvalue weighted by atomic mass is 9.94. The third kappa shape index (κ3) is 2.82. The van der Waals surface area contributed by atoms with Crippen LogP contribution >= 0.6 is 0 Å². The van der Waals surface area contributed by atoms with E-state index in [2.05, 4.69) is 15.4 Å². The number of carbonyl (C=O) groups excluding carboxylic acids is 1. The molecule has 1 amide bonds. The lowest BCUT2D eigenvalue weighted by molar-refractivity contribution is -0.118. The summed E-state index contributed by atoms with van der Waals surface area (Å²) >= 11 is 0. The second-order valence-electron chi connectivity index (χ2n) is 7.66. The number of rotatable bonds is 4. The van der Waals surface area contributed by atoms with E-state index in [0.717, 1.165) is 16.5 Å². The fourth-order valence-electron chi connectivity index (χ4n) is 4.03. The summed E-state index contributed by atoms with van der Waals surface area (Å²) in [5.41, 5.74) is 9.00. The molecule has 0 spiro atoms. The predicted octanol–water partition coefficient (Wildman–Crippen LogP) is 4.03. The lowest BCUT2D eigenvalue weighted by Gasteiger charge is -2.16. The van der Waals surface area contributed by atoms with Crippen LogP contribution in [0.4, 0.5) is 15.9 Å². The van der Waals surface area contributed by atoms with Gasteiger partial charge in [-0.05, 0) is 48.2 Å². The summed E-state index contributed by atoms with van der Waals surface area (Å²) in [7, 11) is 1.80. The highest BCUT2D eigenvalue weighted by molar-refractivity contribution is 6.02. The van der Waals surface area contributed by atoms with Crippen LogP contribution in [0.1, 0.15) is 18.4 Å². The number of fused-ring (bicyclic) bond motifs is 1. The highest BCUT2D eigenvalue weighted by atomic mass is 19.1. The van der Waals surface area contributed by atoms with Crippen molar-refractivity contribution < 1.29 is 9.18 Å². The molecule has 30 heavy (non-hydrogen) atoms. The molecule has 2 aromatic heterocycles. The van der Waals surface area contributed by atoms with Crippen molar-refractivity contribution in [3.05, 3.63) is 72.2 Å². The maximum atomic E-state index is 14.2. The first-order valence-corrected chi connectivity index (χ1v) is 9.74. The number of aromatic nitrogens is 3. The number of pyridine rings is 1. The number of aryl methyl sites for hydroxylation is 1. The van der Waals surface area contributed by atoms with Crippen molar-refractivity contribution in [1.29, 1.82) is 0 Å². The molecule has 0 bridgehead atoms. The Kier molecular flexibility index (Phi) is 4.06. The minimum absolute atomic E-state index is 0.178. The van der Waals surface area contributed by atoms with Gasteiger partial charge in [0.1, 0.15) is 5.82 Å². The number of nitrogens with two attached hydrogens (primary N) is 1. The van der Waals surface area contributed by atoms with E-state index in [0.29, 0.717) is 35.6 Å². The zero-order chi connectivity index (χ0) is 20.9.